The fraction of sp³-hybridized carbons (Fsp3) is 0.250. The Kier molecular flexibility index (Phi) is 5.41. The monoisotopic (exact) mass is 427 g/mol. The smallest absolute Gasteiger partial charge is 0.227 e. The van der Waals surface area contributed by atoms with Gasteiger partial charge in [0.2, 0.25) is 5.91 Å². The van der Waals surface area contributed by atoms with Gasteiger partial charge in [-0.2, -0.15) is 0 Å². The van der Waals surface area contributed by atoms with Crippen molar-refractivity contribution in [1.82, 2.24) is 25.1 Å². The maximum Gasteiger partial charge on any atom is 0.227 e. The molecule has 0 bridgehead atoms. The van der Waals surface area contributed by atoms with E-state index in [4.69, 9.17) is 0 Å². The molecule has 0 unspecified atom stereocenters. The molecule has 2 N–H and O–H groups in total. The van der Waals surface area contributed by atoms with Gasteiger partial charge in [-0.3, -0.25) is 4.79 Å². The fourth-order valence-electron chi connectivity index (χ4n) is 4.04. The van der Waals surface area contributed by atoms with E-state index in [2.05, 4.69) is 36.4 Å². The molecule has 162 valence electrons. The molecule has 0 spiro atoms. The number of hydrogen-bond donors (Lipinski definition) is 2. The summed E-state index contributed by atoms with van der Waals surface area (Å²) in [6.45, 7) is 4.78. The molecule has 1 aromatic carbocycles. The zero-order valence-electron chi connectivity index (χ0n) is 18.0. The van der Waals surface area contributed by atoms with Crippen molar-refractivity contribution >= 4 is 34.3 Å². The van der Waals surface area contributed by atoms with Crippen molar-refractivity contribution in [3.8, 4) is 0 Å². The summed E-state index contributed by atoms with van der Waals surface area (Å²) in [7, 11) is 0. The van der Waals surface area contributed by atoms with Crippen LogP contribution in [0.15, 0.2) is 60.8 Å². The number of aryl methyl sites for hydroxylation is 1. The molecule has 1 fully saturated rings. The number of anilines is 3. The molecular formula is C24H25N7O. The van der Waals surface area contributed by atoms with Crippen molar-refractivity contribution in [2.24, 2.45) is 0 Å². The zero-order valence-corrected chi connectivity index (χ0v) is 18.0. The Morgan fingerprint density at radius 1 is 0.969 bits per heavy atom. The Labute approximate surface area is 186 Å². The number of pyridine rings is 1. The molecule has 3 aromatic heterocycles. The number of aromatic amines is 1. The van der Waals surface area contributed by atoms with Gasteiger partial charge in [0.25, 0.3) is 0 Å². The van der Waals surface area contributed by atoms with Crippen LogP contribution in [0.3, 0.4) is 0 Å². The van der Waals surface area contributed by atoms with E-state index in [0.29, 0.717) is 25.3 Å². The van der Waals surface area contributed by atoms with Crippen LogP contribution in [-0.2, 0) is 11.2 Å². The van der Waals surface area contributed by atoms with Crippen LogP contribution in [0.4, 0.5) is 17.5 Å². The van der Waals surface area contributed by atoms with Crippen LogP contribution in [0, 0.1) is 6.92 Å². The second kappa shape index (κ2) is 8.66. The van der Waals surface area contributed by atoms with Crippen molar-refractivity contribution in [2.45, 2.75) is 13.3 Å². The van der Waals surface area contributed by atoms with E-state index >= 15 is 0 Å². The Balaban J connectivity index is 1.17. The van der Waals surface area contributed by atoms with E-state index in [1.165, 1.54) is 0 Å². The van der Waals surface area contributed by atoms with Crippen molar-refractivity contribution in [2.75, 3.05) is 36.4 Å². The minimum Gasteiger partial charge on any atom is -0.361 e. The van der Waals surface area contributed by atoms with Crippen LogP contribution >= 0.6 is 0 Å². The third-order valence-corrected chi connectivity index (χ3v) is 5.77. The van der Waals surface area contributed by atoms with E-state index in [-0.39, 0.29) is 5.91 Å². The number of benzene rings is 1. The lowest BCUT2D eigenvalue weighted by Crippen LogP contribution is -2.49. The molecule has 8 nitrogen and oxygen atoms in total. The number of para-hydroxylation sites is 1. The Bertz CT molecular complexity index is 1230. The van der Waals surface area contributed by atoms with Gasteiger partial charge in [0, 0.05) is 49.0 Å². The van der Waals surface area contributed by atoms with Crippen molar-refractivity contribution < 1.29 is 4.79 Å². The third kappa shape index (κ3) is 4.25. The quantitative estimate of drug-likeness (QED) is 0.508. The molecule has 4 aromatic rings. The number of nitrogens with one attached hydrogen (secondary N) is 2. The summed E-state index contributed by atoms with van der Waals surface area (Å²) in [5.41, 5.74) is 3.05. The van der Waals surface area contributed by atoms with Gasteiger partial charge in [-0.25, -0.2) is 4.98 Å². The van der Waals surface area contributed by atoms with E-state index in [1.54, 1.807) is 0 Å². The fourth-order valence-corrected chi connectivity index (χ4v) is 4.04. The first-order valence-corrected chi connectivity index (χ1v) is 10.8. The van der Waals surface area contributed by atoms with Crippen molar-refractivity contribution in [3.63, 3.8) is 0 Å². The highest BCUT2D eigenvalue weighted by molar-refractivity contribution is 5.89. The van der Waals surface area contributed by atoms with E-state index in [1.807, 2.05) is 66.6 Å². The number of piperazine rings is 1. The Morgan fingerprint density at radius 3 is 2.59 bits per heavy atom. The number of carbonyl (C=O) groups is 1. The van der Waals surface area contributed by atoms with Crippen LogP contribution in [0.25, 0.3) is 10.9 Å². The topological polar surface area (TPSA) is 90.0 Å². The molecule has 32 heavy (non-hydrogen) atoms. The van der Waals surface area contributed by atoms with Gasteiger partial charge in [-0.1, -0.05) is 24.3 Å². The predicted molar refractivity (Wildman–Crippen MR) is 125 cm³/mol. The summed E-state index contributed by atoms with van der Waals surface area (Å²) in [4.78, 5) is 24.6. The van der Waals surface area contributed by atoms with E-state index in [0.717, 1.165) is 46.9 Å². The van der Waals surface area contributed by atoms with Gasteiger partial charge in [0.15, 0.2) is 11.6 Å². The predicted octanol–water partition coefficient (Wildman–Crippen LogP) is 3.30. The second-order valence-corrected chi connectivity index (χ2v) is 7.97. The highest BCUT2D eigenvalue weighted by atomic mass is 16.2. The van der Waals surface area contributed by atoms with Crippen LogP contribution in [0.5, 0.6) is 0 Å². The number of fused-ring (bicyclic) bond motifs is 1. The SMILES string of the molecule is Cc1cccc(Nc2ccc(N3CCN(C(=O)Cc4c[nH]c5ccccc45)CC3)nn2)n1. The van der Waals surface area contributed by atoms with Gasteiger partial charge in [0.05, 0.1) is 6.42 Å². The molecule has 1 saturated heterocycles. The Hall–Kier alpha value is -3.94. The number of amides is 1. The molecule has 0 atom stereocenters. The molecule has 5 rings (SSSR count). The van der Waals surface area contributed by atoms with Crippen LogP contribution in [0.2, 0.25) is 0 Å². The lowest BCUT2D eigenvalue weighted by atomic mass is 10.1. The number of hydrogen-bond acceptors (Lipinski definition) is 6. The molecule has 0 saturated carbocycles. The lowest BCUT2D eigenvalue weighted by Gasteiger charge is -2.35. The van der Waals surface area contributed by atoms with Gasteiger partial charge >= 0.3 is 0 Å². The van der Waals surface area contributed by atoms with Crippen LogP contribution in [-0.4, -0.2) is 57.2 Å². The summed E-state index contributed by atoms with van der Waals surface area (Å²) in [5.74, 6) is 2.37. The maximum absolute atomic E-state index is 12.8. The average molecular weight is 428 g/mol. The number of rotatable bonds is 5. The number of H-pyrrole nitrogens is 1. The summed E-state index contributed by atoms with van der Waals surface area (Å²) >= 11 is 0. The molecule has 1 aliphatic rings. The minimum atomic E-state index is 0.158. The molecule has 4 heterocycles. The normalized spacial score (nSPS) is 14.0. The lowest BCUT2D eigenvalue weighted by molar-refractivity contribution is -0.130. The first-order chi connectivity index (χ1) is 15.7. The largest absolute Gasteiger partial charge is 0.361 e. The first-order valence-electron chi connectivity index (χ1n) is 10.8. The third-order valence-electron chi connectivity index (χ3n) is 5.77. The number of aromatic nitrogens is 4. The molecule has 1 aliphatic heterocycles. The summed E-state index contributed by atoms with van der Waals surface area (Å²) in [5, 5.41) is 12.9. The molecule has 0 radical (unpaired) electrons. The summed E-state index contributed by atoms with van der Waals surface area (Å²) in [6, 6.07) is 17.7. The molecular weight excluding hydrogens is 402 g/mol. The van der Waals surface area contributed by atoms with Gasteiger partial charge < -0.3 is 20.1 Å². The number of carbonyl (C=O) groups excluding carboxylic acids is 1. The van der Waals surface area contributed by atoms with Gasteiger partial charge in [-0.15, -0.1) is 10.2 Å². The average Bonchev–Trinajstić information content (AvgIpc) is 3.22. The standard InChI is InChI=1S/C24H25N7O/c1-17-5-4-8-21(26-17)27-22-9-10-23(29-28-22)30-11-13-31(14-12-30)24(32)15-18-16-25-20-7-3-2-6-19(18)20/h2-10,16,25H,11-15H2,1H3,(H,26,27,28). The zero-order chi connectivity index (χ0) is 21.9. The first kappa shape index (κ1) is 20.0. The van der Waals surface area contributed by atoms with Crippen LogP contribution < -0.4 is 10.2 Å². The van der Waals surface area contributed by atoms with Crippen LogP contribution in [0.1, 0.15) is 11.3 Å². The molecule has 0 aliphatic carbocycles. The van der Waals surface area contributed by atoms with E-state index < -0.39 is 0 Å². The van der Waals surface area contributed by atoms with Crippen molar-refractivity contribution in [3.05, 3.63) is 72.1 Å². The maximum atomic E-state index is 12.8. The summed E-state index contributed by atoms with van der Waals surface area (Å²) < 4.78 is 0. The highest BCUT2D eigenvalue weighted by Gasteiger charge is 2.23. The molecule has 1 amide bonds. The minimum absolute atomic E-state index is 0.158. The highest BCUT2D eigenvalue weighted by Crippen LogP contribution is 2.20. The molecule has 8 heteroatoms. The second-order valence-electron chi connectivity index (χ2n) is 7.97. The van der Waals surface area contributed by atoms with Gasteiger partial charge in [0.1, 0.15) is 5.82 Å². The van der Waals surface area contributed by atoms with E-state index in [9.17, 15) is 4.79 Å². The van der Waals surface area contributed by atoms with Crippen molar-refractivity contribution in [1.29, 1.82) is 0 Å². The van der Waals surface area contributed by atoms with Gasteiger partial charge in [-0.05, 0) is 42.8 Å². The Morgan fingerprint density at radius 2 is 1.81 bits per heavy atom. The number of nitrogens with zero attached hydrogens (tertiary/aromatic N) is 5. The summed E-state index contributed by atoms with van der Waals surface area (Å²) in [6.07, 6.45) is 2.35.